The molecule has 0 aromatic heterocycles. The number of hydrogen-bond donors (Lipinski definition) is 1. The average molecular weight is 206 g/mol. The van der Waals surface area contributed by atoms with Gasteiger partial charge in [0.1, 0.15) is 5.75 Å². The zero-order valence-corrected chi connectivity index (χ0v) is 9.13. The van der Waals surface area contributed by atoms with Crippen molar-refractivity contribution in [2.75, 3.05) is 24.3 Å². The van der Waals surface area contributed by atoms with Crippen LogP contribution in [0.1, 0.15) is 11.1 Å². The zero-order chi connectivity index (χ0) is 11.2. The summed E-state index contributed by atoms with van der Waals surface area (Å²) in [5.74, 6) is 0.717. The van der Waals surface area contributed by atoms with E-state index in [-0.39, 0.29) is 12.5 Å². The number of anilines is 2. The second-order valence-electron chi connectivity index (χ2n) is 3.81. The maximum absolute atomic E-state index is 11.4. The second kappa shape index (κ2) is 3.15. The Morgan fingerprint density at radius 3 is 2.73 bits per heavy atom. The summed E-state index contributed by atoms with van der Waals surface area (Å²) in [5.41, 5.74) is 9.32. The Kier molecular flexibility index (Phi) is 2.07. The minimum atomic E-state index is -0.0508. The van der Waals surface area contributed by atoms with E-state index in [1.54, 1.807) is 18.0 Å². The van der Waals surface area contributed by atoms with Crippen molar-refractivity contribution in [2.45, 2.75) is 13.8 Å². The summed E-state index contributed by atoms with van der Waals surface area (Å²) in [6.07, 6.45) is 0. The van der Waals surface area contributed by atoms with E-state index >= 15 is 0 Å². The first-order valence-corrected chi connectivity index (χ1v) is 4.81. The van der Waals surface area contributed by atoms with Crippen LogP contribution in [0.3, 0.4) is 0 Å². The van der Waals surface area contributed by atoms with E-state index < -0.39 is 0 Å². The molecule has 0 unspecified atom stereocenters. The first-order valence-electron chi connectivity index (χ1n) is 4.81. The molecule has 0 bridgehead atoms. The Morgan fingerprint density at radius 2 is 2.07 bits per heavy atom. The van der Waals surface area contributed by atoms with Crippen molar-refractivity contribution in [1.29, 1.82) is 0 Å². The molecule has 0 saturated carbocycles. The lowest BCUT2D eigenvalue weighted by molar-refractivity contribution is -0.120. The third kappa shape index (κ3) is 1.33. The fourth-order valence-electron chi connectivity index (χ4n) is 1.70. The number of carbonyl (C=O) groups excluding carboxylic acids is 1. The molecule has 15 heavy (non-hydrogen) atoms. The van der Waals surface area contributed by atoms with Gasteiger partial charge in [0.05, 0.1) is 5.69 Å². The topological polar surface area (TPSA) is 55.6 Å². The normalized spacial score (nSPS) is 14.9. The summed E-state index contributed by atoms with van der Waals surface area (Å²) in [5, 5.41) is 0. The molecule has 0 atom stereocenters. The van der Waals surface area contributed by atoms with Crippen LogP contribution < -0.4 is 15.4 Å². The highest BCUT2D eigenvalue weighted by Crippen LogP contribution is 2.38. The van der Waals surface area contributed by atoms with Gasteiger partial charge in [-0.15, -0.1) is 0 Å². The van der Waals surface area contributed by atoms with Crippen molar-refractivity contribution >= 4 is 17.3 Å². The number of nitrogen functional groups attached to an aromatic ring is 1. The van der Waals surface area contributed by atoms with Crippen LogP contribution in [0.5, 0.6) is 5.75 Å². The van der Waals surface area contributed by atoms with Gasteiger partial charge in [0, 0.05) is 12.7 Å². The van der Waals surface area contributed by atoms with Gasteiger partial charge in [0.15, 0.2) is 6.61 Å². The van der Waals surface area contributed by atoms with Crippen LogP contribution in [-0.4, -0.2) is 19.6 Å². The molecule has 4 nitrogen and oxygen atoms in total. The number of likely N-dealkylation sites (N-methyl/N-ethyl adjacent to an activating group) is 1. The SMILES string of the molecule is Cc1c(N)cc2c(c1C)OCC(=O)N2C. The van der Waals surface area contributed by atoms with Gasteiger partial charge >= 0.3 is 0 Å². The molecule has 0 aliphatic carbocycles. The Morgan fingerprint density at radius 1 is 1.40 bits per heavy atom. The number of nitrogens with two attached hydrogens (primary N) is 1. The lowest BCUT2D eigenvalue weighted by atomic mass is 10.0. The van der Waals surface area contributed by atoms with E-state index in [1.807, 2.05) is 13.8 Å². The number of rotatable bonds is 0. The van der Waals surface area contributed by atoms with Gasteiger partial charge in [-0.3, -0.25) is 4.79 Å². The number of ether oxygens (including phenoxy) is 1. The molecule has 1 aromatic rings. The van der Waals surface area contributed by atoms with Crippen molar-refractivity contribution in [3.8, 4) is 5.75 Å². The maximum Gasteiger partial charge on any atom is 0.264 e. The molecule has 0 spiro atoms. The molecule has 0 fully saturated rings. The lowest BCUT2D eigenvalue weighted by Crippen LogP contribution is -2.35. The number of amides is 1. The molecule has 1 aliphatic heterocycles. The predicted molar refractivity (Wildman–Crippen MR) is 59.2 cm³/mol. The first-order chi connectivity index (χ1) is 7.02. The Balaban J connectivity index is 2.66. The van der Waals surface area contributed by atoms with E-state index in [9.17, 15) is 4.79 Å². The molecule has 2 N–H and O–H groups in total. The highest BCUT2D eigenvalue weighted by atomic mass is 16.5. The van der Waals surface area contributed by atoms with Crippen molar-refractivity contribution in [2.24, 2.45) is 0 Å². The lowest BCUT2D eigenvalue weighted by Gasteiger charge is -2.28. The van der Waals surface area contributed by atoms with Gasteiger partial charge in [-0.25, -0.2) is 0 Å². The molecule has 2 rings (SSSR count). The van der Waals surface area contributed by atoms with E-state index in [4.69, 9.17) is 10.5 Å². The number of benzene rings is 1. The van der Waals surface area contributed by atoms with Gasteiger partial charge in [0.2, 0.25) is 0 Å². The smallest absolute Gasteiger partial charge is 0.264 e. The number of nitrogens with zero attached hydrogens (tertiary/aromatic N) is 1. The molecule has 80 valence electrons. The van der Waals surface area contributed by atoms with Crippen LogP contribution in [0.15, 0.2) is 6.07 Å². The summed E-state index contributed by atoms with van der Waals surface area (Å²) in [4.78, 5) is 13.0. The minimum Gasteiger partial charge on any atom is -0.481 e. The summed E-state index contributed by atoms with van der Waals surface area (Å²) >= 11 is 0. The third-order valence-corrected chi connectivity index (χ3v) is 2.94. The molecule has 1 amide bonds. The van der Waals surface area contributed by atoms with Crippen LogP contribution in [-0.2, 0) is 4.79 Å². The molecular formula is C11H14N2O2. The van der Waals surface area contributed by atoms with Crippen LogP contribution >= 0.6 is 0 Å². The van der Waals surface area contributed by atoms with E-state index in [0.29, 0.717) is 5.69 Å². The van der Waals surface area contributed by atoms with Gasteiger partial charge in [-0.2, -0.15) is 0 Å². The monoisotopic (exact) mass is 206 g/mol. The van der Waals surface area contributed by atoms with Gasteiger partial charge in [-0.1, -0.05) is 0 Å². The highest BCUT2D eigenvalue weighted by molar-refractivity contribution is 5.98. The summed E-state index contributed by atoms with van der Waals surface area (Å²) in [6, 6.07) is 1.79. The number of hydrogen-bond acceptors (Lipinski definition) is 3. The standard InChI is InChI=1S/C11H14N2O2/c1-6-7(2)11-9(4-8(6)12)13(3)10(14)5-15-11/h4H,5,12H2,1-3H3. The van der Waals surface area contributed by atoms with Crippen LogP contribution in [0.4, 0.5) is 11.4 Å². The molecular weight excluding hydrogens is 192 g/mol. The number of carbonyl (C=O) groups is 1. The van der Waals surface area contributed by atoms with E-state index in [2.05, 4.69) is 0 Å². The van der Waals surface area contributed by atoms with Crippen LogP contribution in [0.25, 0.3) is 0 Å². The zero-order valence-electron chi connectivity index (χ0n) is 9.13. The van der Waals surface area contributed by atoms with Gasteiger partial charge in [0.25, 0.3) is 5.91 Å². The van der Waals surface area contributed by atoms with Gasteiger partial charge < -0.3 is 15.4 Å². The quantitative estimate of drug-likeness (QED) is 0.650. The van der Waals surface area contributed by atoms with Crippen LogP contribution in [0.2, 0.25) is 0 Å². The summed E-state index contributed by atoms with van der Waals surface area (Å²) < 4.78 is 5.43. The van der Waals surface area contributed by atoms with E-state index in [1.165, 1.54) is 0 Å². The largest absolute Gasteiger partial charge is 0.481 e. The number of fused-ring (bicyclic) bond motifs is 1. The molecule has 0 radical (unpaired) electrons. The predicted octanol–water partition coefficient (Wildman–Crippen LogP) is 1.24. The average Bonchev–Trinajstić information content (AvgIpc) is 2.21. The molecule has 1 heterocycles. The Bertz CT molecular complexity index is 441. The fraction of sp³-hybridized carbons (Fsp3) is 0.364. The fourth-order valence-corrected chi connectivity index (χ4v) is 1.70. The molecule has 4 heteroatoms. The van der Waals surface area contributed by atoms with Crippen molar-refractivity contribution < 1.29 is 9.53 Å². The second-order valence-corrected chi connectivity index (χ2v) is 3.81. The summed E-state index contributed by atoms with van der Waals surface area (Å²) in [7, 11) is 1.73. The molecule has 0 saturated heterocycles. The molecule has 1 aliphatic rings. The highest BCUT2D eigenvalue weighted by Gasteiger charge is 2.25. The minimum absolute atomic E-state index is 0.0508. The van der Waals surface area contributed by atoms with Gasteiger partial charge in [-0.05, 0) is 31.0 Å². The summed E-state index contributed by atoms with van der Waals surface area (Å²) in [6.45, 7) is 4.01. The third-order valence-electron chi connectivity index (χ3n) is 2.94. The Hall–Kier alpha value is -1.71. The van der Waals surface area contributed by atoms with Crippen molar-refractivity contribution in [1.82, 2.24) is 0 Å². The van der Waals surface area contributed by atoms with Crippen molar-refractivity contribution in [3.05, 3.63) is 17.2 Å². The first kappa shape index (κ1) is 9.83. The van der Waals surface area contributed by atoms with Crippen LogP contribution in [0, 0.1) is 13.8 Å². The Labute approximate surface area is 88.6 Å². The maximum atomic E-state index is 11.4. The van der Waals surface area contributed by atoms with E-state index in [0.717, 1.165) is 22.6 Å². The van der Waals surface area contributed by atoms with Crippen molar-refractivity contribution in [3.63, 3.8) is 0 Å². The molecule has 1 aromatic carbocycles.